The first-order chi connectivity index (χ1) is 14.6. The molecule has 0 spiro atoms. The van der Waals surface area contributed by atoms with Crippen molar-refractivity contribution in [2.75, 3.05) is 29.9 Å². The van der Waals surface area contributed by atoms with E-state index in [4.69, 9.17) is 9.72 Å². The van der Waals surface area contributed by atoms with Crippen LogP contribution in [0.3, 0.4) is 0 Å². The Hall–Kier alpha value is -3.26. The van der Waals surface area contributed by atoms with E-state index in [1.807, 2.05) is 35.4 Å². The van der Waals surface area contributed by atoms with Gasteiger partial charge in [0.05, 0.1) is 36.3 Å². The molecule has 0 radical (unpaired) electrons. The van der Waals surface area contributed by atoms with Crippen molar-refractivity contribution in [3.63, 3.8) is 0 Å². The predicted octanol–water partition coefficient (Wildman–Crippen LogP) is 3.92. The normalized spacial score (nSPS) is 17.2. The number of morpholine rings is 1. The van der Waals surface area contributed by atoms with Crippen molar-refractivity contribution in [2.24, 2.45) is 0 Å². The molecule has 0 saturated carbocycles. The molecule has 5 rings (SSSR count). The first-order valence-corrected chi connectivity index (χ1v) is 10.3. The van der Waals surface area contributed by atoms with E-state index in [1.54, 1.807) is 0 Å². The zero-order chi connectivity index (χ0) is 20.7. The minimum absolute atomic E-state index is 0.235. The fourth-order valence-electron chi connectivity index (χ4n) is 3.89. The second-order valence-electron chi connectivity index (χ2n) is 7.97. The van der Waals surface area contributed by atoms with Gasteiger partial charge in [0.2, 0.25) is 5.95 Å². The van der Waals surface area contributed by atoms with E-state index < -0.39 is 0 Å². The highest BCUT2D eigenvalue weighted by Gasteiger charge is 2.17. The molecule has 1 atom stereocenters. The van der Waals surface area contributed by atoms with Gasteiger partial charge in [-0.2, -0.15) is 5.10 Å². The number of nitrogens with zero attached hydrogens (tertiary/aromatic N) is 6. The van der Waals surface area contributed by atoms with Gasteiger partial charge in [-0.05, 0) is 32.9 Å². The lowest BCUT2D eigenvalue weighted by Crippen LogP contribution is -2.41. The SMILES string of the molecule is CC1CN(c2ccc(Nc3ncc4ccc5cnn(C(C)C)c5c4n3)nc2)CCO1. The summed E-state index contributed by atoms with van der Waals surface area (Å²) < 4.78 is 7.62. The van der Waals surface area contributed by atoms with E-state index in [0.29, 0.717) is 11.8 Å². The highest BCUT2D eigenvalue weighted by Crippen LogP contribution is 2.27. The van der Waals surface area contributed by atoms with Gasteiger partial charge in [-0.1, -0.05) is 12.1 Å². The summed E-state index contributed by atoms with van der Waals surface area (Å²) in [6.45, 7) is 8.83. The molecule has 4 aromatic rings. The van der Waals surface area contributed by atoms with Gasteiger partial charge in [0.1, 0.15) is 11.3 Å². The Balaban J connectivity index is 1.44. The van der Waals surface area contributed by atoms with Gasteiger partial charge in [-0.3, -0.25) is 4.68 Å². The molecule has 1 fully saturated rings. The van der Waals surface area contributed by atoms with Gasteiger partial charge < -0.3 is 15.0 Å². The van der Waals surface area contributed by atoms with Crippen LogP contribution in [0.1, 0.15) is 26.8 Å². The number of pyridine rings is 1. The molecule has 3 aromatic heterocycles. The van der Waals surface area contributed by atoms with Crippen molar-refractivity contribution in [2.45, 2.75) is 32.9 Å². The van der Waals surface area contributed by atoms with E-state index in [9.17, 15) is 0 Å². The van der Waals surface area contributed by atoms with Crippen molar-refractivity contribution in [3.8, 4) is 0 Å². The summed E-state index contributed by atoms with van der Waals surface area (Å²) in [6, 6.07) is 8.37. The fourth-order valence-corrected chi connectivity index (χ4v) is 3.89. The number of anilines is 3. The predicted molar refractivity (Wildman–Crippen MR) is 118 cm³/mol. The molecule has 1 N–H and O–H groups in total. The van der Waals surface area contributed by atoms with Gasteiger partial charge >= 0.3 is 0 Å². The fraction of sp³-hybridized carbons (Fsp3) is 0.364. The molecular formula is C22H25N7O. The third kappa shape index (κ3) is 3.43. The number of fused-ring (bicyclic) bond motifs is 3. The van der Waals surface area contributed by atoms with Crippen LogP contribution in [0.15, 0.2) is 42.9 Å². The third-order valence-corrected chi connectivity index (χ3v) is 5.39. The second kappa shape index (κ2) is 7.53. The zero-order valence-corrected chi connectivity index (χ0v) is 17.4. The van der Waals surface area contributed by atoms with E-state index in [1.165, 1.54) is 0 Å². The van der Waals surface area contributed by atoms with Crippen molar-refractivity contribution in [1.29, 1.82) is 0 Å². The number of rotatable bonds is 4. The Morgan fingerprint density at radius 3 is 2.70 bits per heavy atom. The Labute approximate surface area is 174 Å². The van der Waals surface area contributed by atoms with Crippen LogP contribution >= 0.6 is 0 Å². The lowest BCUT2D eigenvalue weighted by atomic mass is 10.2. The molecule has 8 nitrogen and oxygen atoms in total. The summed E-state index contributed by atoms with van der Waals surface area (Å²) in [6.07, 6.45) is 5.84. The van der Waals surface area contributed by atoms with E-state index in [2.05, 4.69) is 58.2 Å². The van der Waals surface area contributed by atoms with Gasteiger partial charge in [0.15, 0.2) is 0 Å². The van der Waals surface area contributed by atoms with Crippen LogP contribution in [0.25, 0.3) is 21.8 Å². The van der Waals surface area contributed by atoms with Gasteiger partial charge in [-0.25, -0.2) is 15.0 Å². The molecule has 1 aliphatic heterocycles. The van der Waals surface area contributed by atoms with Crippen LogP contribution in [0.5, 0.6) is 0 Å². The van der Waals surface area contributed by atoms with Crippen LogP contribution in [-0.4, -0.2) is 50.5 Å². The molecule has 1 unspecified atom stereocenters. The van der Waals surface area contributed by atoms with Gasteiger partial charge in [-0.15, -0.1) is 0 Å². The van der Waals surface area contributed by atoms with Crippen LogP contribution in [0.4, 0.5) is 17.5 Å². The average Bonchev–Trinajstić information content (AvgIpc) is 3.19. The molecule has 4 heterocycles. The van der Waals surface area contributed by atoms with Crippen LogP contribution in [-0.2, 0) is 4.74 Å². The highest BCUT2D eigenvalue weighted by molar-refractivity contribution is 6.03. The molecule has 154 valence electrons. The van der Waals surface area contributed by atoms with Crippen molar-refractivity contribution in [1.82, 2.24) is 24.7 Å². The molecule has 0 amide bonds. The third-order valence-electron chi connectivity index (χ3n) is 5.39. The first-order valence-electron chi connectivity index (χ1n) is 10.3. The number of hydrogen-bond acceptors (Lipinski definition) is 7. The lowest BCUT2D eigenvalue weighted by Gasteiger charge is -2.32. The first kappa shape index (κ1) is 18.7. The smallest absolute Gasteiger partial charge is 0.228 e. The molecule has 1 aromatic carbocycles. The molecule has 8 heteroatoms. The standard InChI is InChI=1S/C22H25N7O/c1-14(2)29-21-17(11-25-29)5-4-16-10-24-22(27-20(16)21)26-19-7-6-18(12-23-19)28-8-9-30-15(3)13-28/h4-7,10-12,14-15H,8-9,13H2,1-3H3,(H,23,24,26,27). The summed E-state index contributed by atoms with van der Waals surface area (Å²) >= 11 is 0. The summed E-state index contributed by atoms with van der Waals surface area (Å²) in [7, 11) is 0. The number of benzene rings is 1. The summed E-state index contributed by atoms with van der Waals surface area (Å²) in [5.41, 5.74) is 3.01. The monoisotopic (exact) mass is 403 g/mol. The maximum Gasteiger partial charge on any atom is 0.228 e. The lowest BCUT2D eigenvalue weighted by molar-refractivity contribution is 0.0532. The summed E-state index contributed by atoms with van der Waals surface area (Å²) in [4.78, 5) is 16.1. The Kier molecular flexibility index (Phi) is 4.71. The van der Waals surface area contributed by atoms with E-state index in [-0.39, 0.29) is 12.1 Å². The Bertz CT molecular complexity index is 1190. The Morgan fingerprint density at radius 2 is 1.93 bits per heavy atom. The van der Waals surface area contributed by atoms with Crippen LogP contribution in [0.2, 0.25) is 0 Å². The van der Waals surface area contributed by atoms with Crippen LogP contribution in [0, 0.1) is 0 Å². The molecule has 1 aliphatic rings. The molecular weight excluding hydrogens is 378 g/mol. The minimum atomic E-state index is 0.235. The molecule has 0 aliphatic carbocycles. The maximum atomic E-state index is 5.62. The molecule has 0 bridgehead atoms. The molecule has 1 saturated heterocycles. The Morgan fingerprint density at radius 1 is 1.07 bits per heavy atom. The number of aromatic nitrogens is 5. The van der Waals surface area contributed by atoms with Crippen molar-refractivity contribution >= 4 is 39.3 Å². The van der Waals surface area contributed by atoms with Crippen molar-refractivity contribution in [3.05, 3.63) is 42.9 Å². The second-order valence-corrected chi connectivity index (χ2v) is 7.97. The molecule has 30 heavy (non-hydrogen) atoms. The average molecular weight is 403 g/mol. The van der Waals surface area contributed by atoms with E-state index >= 15 is 0 Å². The maximum absolute atomic E-state index is 5.62. The van der Waals surface area contributed by atoms with Crippen molar-refractivity contribution < 1.29 is 4.74 Å². The quantitative estimate of drug-likeness (QED) is 0.553. The summed E-state index contributed by atoms with van der Waals surface area (Å²) in [5.74, 6) is 1.23. The highest BCUT2D eigenvalue weighted by atomic mass is 16.5. The zero-order valence-electron chi connectivity index (χ0n) is 17.4. The number of ether oxygens (including phenoxy) is 1. The number of nitrogens with one attached hydrogen (secondary N) is 1. The van der Waals surface area contributed by atoms with Gasteiger partial charge in [0, 0.05) is 36.1 Å². The van der Waals surface area contributed by atoms with Crippen LogP contribution < -0.4 is 10.2 Å². The topological polar surface area (TPSA) is 81.0 Å². The van der Waals surface area contributed by atoms with E-state index in [0.717, 1.165) is 47.2 Å². The minimum Gasteiger partial charge on any atom is -0.375 e. The van der Waals surface area contributed by atoms with Gasteiger partial charge in [0.25, 0.3) is 0 Å². The summed E-state index contributed by atoms with van der Waals surface area (Å²) in [5, 5.41) is 9.82. The number of hydrogen-bond donors (Lipinski definition) is 1. The largest absolute Gasteiger partial charge is 0.375 e.